The summed E-state index contributed by atoms with van der Waals surface area (Å²) in [5, 5.41) is 7.12. The first-order chi connectivity index (χ1) is 15.8. The topological polar surface area (TPSA) is 119 Å². The van der Waals surface area contributed by atoms with Gasteiger partial charge in [0.25, 0.3) is 5.91 Å². The molecule has 1 aromatic heterocycles. The van der Waals surface area contributed by atoms with Gasteiger partial charge in [0.15, 0.2) is 0 Å². The van der Waals surface area contributed by atoms with E-state index in [1.807, 2.05) is 0 Å². The number of rotatable bonds is 5. The molecule has 34 heavy (non-hydrogen) atoms. The number of aliphatic carboxylic acids is 1. The van der Waals surface area contributed by atoms with Gasteiger partial charge in [-0.1, -0.05) is 12.1 Å². The summed E-state index contributed by atoms with van der Waals surface area (Å²) >= 11 is 0. The van der Waals surface area contributed by atoms with Crippen molar-refractivity contribution in [2.75, 3.05) is 0 Å². The van der Waals surface area contributed by atoms with Gasteiger partial charge in [-0.25, -0.2) is 18.0 Å². The molecule has 3 aromatic rings. The number of nitrogens with zero attached hydrogens (tertiary/aromatic N) is 1. The summed E-state index contributed by atoms with van der Waals surface area (Å²) in [4.78, 5) is 24.6. The third-order valence-electron chi connectivity index (χ3n) is 4.35. The smallest absolute Gasteiger partial charge is 0.475 e. The van der Waals surface area contributed by atoms with Crippen molar-refractivity contribution >= 4 is 11.9 Å². The minimum absolute atomic E-state index is 0.141. The van der Waals surface area contributed by atoms with Gasteiger partial charge in [0.05, 0.1) is 17.3 Å². The second-order valence-corrected chi connectivity index (χ2v) is 6.89. The van der Waals surface area contributed by atoms with Gasteiger partial charge in [0.2, 0.25) is 0 Å². The Bertz CT molecular complexity index is 1180. The maximum atomic E-state index is 13.7. The Morgan fingerprint density at radius 1 is 1.00 bits per heavy atom. The Kier molecular flexibility index (Phi) is 8.36. The normalized spacial score (nSPS) is 11.9. The van der Waals surface area contributed by atoms with Crippen molar-refractivity contribution < 1.29 is 41.0 Å². The van der Waals surface area contributed by atoms with Gasteiger partial charge in [-0.2, -0.15) is 13.2 Å². The Morgan fingerprint density at radius 3 is 2.12 bits per heavy atom. The fourth-order valence-electron chi connectivity index (χ4n) is 2.92. The number of primary amides is 1. The number of carbonyl (C=O) groups excluding carboxylic acids is 1. The van der Waals surface area contributed by atoms with E-state index in [0.29, 0.717) is 22.4 Å². The van der Waals surface area contributed by atoms with Crippen LogP contribution in [0.15, 0.2) is 54.7 Å². The van der Waals surface area contributed by atoms with Crippen LogP contribution in [0.4, 0.5) is 26.3 Å². The molecular formula is C22H17F6N3O3. The van der Waals surface area contributed by atoms with Crippen LogP contribution in [0.3, 0.4) is 0 Å². The number of benzene rings is 2. The highest BCUT2D eigenvalue weighted by Crippen LogP contribution is 2.29. The first-order valence-electron chi connectivity index (χ1n) is 9.35. The van der Waals surface area contributed by atoms with Gasteiger partial charge in [0.1, 0.15) is 17.5 Å². The first kappa shape index (κ1) is 26.3. The van der Waals surface area contributed by atoms with E-state index in [2.05, 4.69) is 4.98 Å². The molecule has 2 aromatic carbocycles. The third kappa shape index (κ3) is 7.04. The number of carboxylic acids is 1. The molecule has 180 valence electrons. The van der Waals surface area contributed by atoms with E-state index in [-0.39, 0.29) is 12.0 Å². The SMILES string of the molecule is NC(=O)c1cc(-c2cccnc2[C@@H](N)Cc2cc(F)cc(F)c2)ccc1F.O=C(O)C(F)(F)F. The zero-order valence-corrected chi connectivity index (χ0v) is 17.1. The average Bonchev–Trinajstić information content (AvgIpc) is 2.73. The maximum absolute atomic E-state index is 13.7. The minimum Gasteiger partial charge on any atom is -0.475 e. The molecular weight excluding hydrogens is 468 g/mol. The lowest BCUT2D eigenvalue weighted by Gasteiger charge is -2.16. The number of carboxylic acid groups (broad SMARTS) is 1. The molecule has 0 aliphatic heterocycles. The predicted octanol–water partition coefficient (Wildman–Crippen LogP) is 4.14. The van der Waals surface area contributed by atoms with E-state index in [4.69, 9.17) is 21.4 Å². The Morgan fingerprint density at radius 2 is 1.59 bits per heavy atom. The first-order valence-corrected chi connectivity index (χ1v) is 9.35. The average molecular weight is 485 g/mol. The summed E-state index contributed by atoms with van der Waals surface area (Å²) in [6, 6.07) is 9.84. The van der Waals surface area contributed by atoms with E-state index in [1.165, 1.54) is 30.5 Å². The molecule has 0 bridgehead atoms. The van der Waals surface area contributed by atoms with Crippen LogP contribution >= 0.6 is 0 Å². The molecule has 0 aliphatic carbocycles. The second kappa shape index (κ2) is 10.8. The van der Waals surface area contributed by atoms with Crippen LogP contribution in [0.1, 0.15) is 27.7 Å². The van der Waals surface area contributed by atoms with E-state index in [9.17, 15) is 31.1 Å². The lowest BCUT2D eigenvalue weighted by atomic mass is 9.95. The number of hydrogen-bond acceptors (Lipinski definition) is 4. The zero-order valence-electron chi connectivity index (χ0n) is 17.1. The second-order valence-electron chi connectivity index (χ2n) is 6.89. The molecule has 0 spiro atoms. The number of halogens is 6. The summed E-state index contributed by atoms with van der Waals surface area (Å²) in [7, 11) is 0. The molecule has 0 unspecified atom stereocenters. The predicted molar refractivity (Wildman–Crippen MR) is 109 cm³/mol. The number of hydrogen-bond donors (Lipinski definition) is 3. The van der Waals surface area contributed by atoms with E-state index >= 15 is 0 Å². The van der Waals surface area contributed by atoms with Gasteiger partial charge in [-0.05, 0) is 47.9 Å². The summed E-state index contributed by atoms with van der Waals surface area (Å²) in [6.45, 7) is 0. The Hall–Kier alpha value is -3.93. The molecule has 0 saturated heterocycles. The molecule has 0 fully saturated rings. The summed E-state index contributed by atoms with van der Waals surface area (Å²) in [5.74, 6) is -5.76. The number of carbonyl (C=O) groups is 2. The molecule has 12 heteroatoms. The molecule has 1 amide bonds. The van der Waals surface area contributed by atoms with Crippen molar-refractivity contribution in [1.82, 2.24) is 4.98 Å². The van der Waals surface area contributed by atoms with Crippen LogP contribution in [0.25, 0.3) is 11.1 Å². The number of aromatic nitrogens is 1. The van der Waals surface area contributed by atoms with Crippen LogP contribution in [-0.4, -0.2) is 28.1 Å². The number of amides is 1. The highest BCUT2D eigenvalue weighted by atomic mass is 19.4. The van der Waals surface area contributed by atoms with Crippen LogP contribution in [0.2, 0.25) is 0 Å². The Balaban J connectivity index is 0.000000509. The van der Waals surface area contributed by atoms with Crippen molar-refractivity contribution in [3.05, 3.63) is 89.0 Å². The van der Waals surface area contributed by atoms with E-state index < -0.39 is 41.5 Å². The standard InChI is InChI=1S/C20H16F3N3O.C2HF3O2/c21-13-6-11(7-14(22)10-13)8-18(24)19-15(2-1-5-26-19)12-3-4-17(23)16(9-12)20(25)27;3-2(4,5)1(6)7/h1-7,9-10,18H,8,24H2,(H2,25,27);(H,6,7)/t18-;/m0./s1. The largest absolute Gasteiger partial charge is 0.490 e. The molecule has 0 saturated carbocycles. The molecule has 0 radical (unpaired) electrons. The molecule has 1 atom stereocenters. The summed E-state index contributed by atoms with van der Waals surface area (Å²) in [5.41, 5.74) is 13.1. The van der Waals surface area contributed by atoms with Gasteiger partial charge < -0.3 is 16.6 Å². The number of alkyl halides is 3. The maximum Gasteiger partial charge on any atom is 0.490 e. The van der Waals surface area contributed by atoms with Crippen molar-refractivity contribution in [2.24, 2.45) is 11.5 Å². The van der Waals surface area contributed by atoms with Crippen LogP contribution in [-0.2, 0) is 11.2 Å². The summed E-state index contributed by atoms with van der Waals surface area (Å²) in [6.07, 6.45) is -3.41. The van der Waals surface area contributed by atoms with E-state index in [0.717, 1.165) is 12.1 Å². The number of pyridine rings is 1. The van der Waals surface area contributed by atoms with Crippen LogP contribution in [0.5, 0.6) is 0 Å². The van der Waals surface area contributed by atoms with Crippen LogP contribution in [0, 0.1) is 17.5 Å². The van der Waals surface area contributed by atoms with Crippen molar-refractivity contribution in [3.8, 4) is 11.1 Å². The lowest BCUT2D eigenvalue weighted by molar-refractivity contribution is -0.192. The minimum atomic E-state index is -5.08. The molecule has 1 heterocycles. The fourth-order valence-corrected chi connectivity index (χ4v) is 2.92. The number of nitrogens with two attached hydrogens (primary N) is 2. The van der Waals surface area contributed by atoms with Gasteiger partial charge in [0, 0.05) is 17.8 Å². The highest BCUT2D eigenvalue weighted by molar-refractivity contribution is 5.94. The van der Waals surface area contributed by atoms with Crippen molar-refractivity contribution in [3.63, 3.8) is 0 Å². The molecule has 3 rings (SSSR count). The molecule has 5 N–H and O–H groups in total. The van der Waals surface area contributed by atoms with Gasteiger partial charge in [-0.15, -0.1) is 0 Å². The Labute approximate surface area is 188 Å². The summed E-state index contributed by atoms with van der Waals surface area (Å²) < 4.78 is 72.3. The van der Waals surface area contributed by atoms with Gasteiger partial charge in [-0.3, -0.25) is 9.78 Å². The van der Waals surface area contributed by atoms with Gasteiger partial charge >= 0.3 is 12.1 Å². The monoisotopic (exact) mass is 485 g/mol. The molecule has 6 nitrogen and oxygen atoms in total. The van der Waals surface area contributed by atoms with Crippen LogP contribution < -0.4 is 11.5 Å². The lowest BCUT2D eigenvalue weighted by Crippen LogP contribution is -2.21. The fraction of sp³-hybridized carbons (Fsp3) is 0.136. The zero-order chi connectivity index (χ0) is 25.6. The third-order valence-corrected chi connectivity index (χ3v) is 4.35. The highest BCUT2D eigenvalue weighted by Gasteiger charge is 2.38. The molecule has 0 aliphatic rings. The quantitative estimate of drug-likeness (QED) is 0.470. The van der Waals surface area contributed by atoms with Crippen molar-refractivity contribution in [2.45, 2.75) is 18.6 Å². The van der Waals surface area contributed by atoms with E-state index in [1.54, 1.807) is 12.1 Å². The van der Waals surface area contributed by atoms with Crippen molar-refractivity contribution in [1.29, 1.82) is 0 Å².